The Morgan fingerprint density at radius 3 is 2.69 bits per heavy atom. The summed E-state index contributed by atoms with van der Waals surface area (Å²) in [4.78, 5) is 17.0. The first-order valence-electron chi connectivity index (χ1n) is 5.22. The number of aromatic nitrogens is 1. The number of carbonyl (C=O) groups excluding carboxylic acids is 1. The number of rotatable bonds is 2. The van der Waals surface area contributed by atoms with E-state index >= 15 is 0 Å². The molecule has 4 nitrogen and oxygen atoms in total. The second kappa shape index (κ2) is 4.74. The van der Waals surface area contributed by atoms with E-state index in [1.807, 2.05) is 13.0 Å². The fourth-order valence-electron chi connectivity index (χ4n) is 1.83. The number of hydrogen-bond acceptors (Lipinski definition) is 4. The molecular weight excluding hydrogens is 224 g/mol. The molecule has 5 heteroatoms. The first kappa shape index (κ1) is 11.3. The second-order valence-electron chi connectivity index (χ2n) is 3.86. The number of hydrogen-bond donors (Lipinski definition) is 0. The van der Waals surface area contributed by atoms with Gasteiger partial charge in [-0.3, -0.25) is 9.00 Å². The molecule has 0 amide bonds. The van der Waals surface area contributed by atoms with Gasteiger partial charge in [0.1, 0.15) is 5.82 Å². The van der Waals surface area contributed by atoms with Crippen LogP contribution in [-0.4, -0.2) is 40.1 Å². The molecule has 0 aromatic carbocycles. The van der Waals surface area contributed by atoms with Crippen LogP contribution in [0.3, 0.4) is 0 Å². The van der Waals surface area contributed by atoms with Gasteiger partial charge in [0.25, 0.3) is 0 Å². The molecular formula is C11H14N2O2S. The summed E-state index contributed by atoms with van der Waals surface area (Å²) < 4.78 is 11.2. The molecule has 0 saturated carbocycles. The van der Waals surface area contributed by atoms with Gasteiger partial charge in [-0.25, -0.2) is 4.98 Å². The van der Waals surface area contributed by atoms with Crippen molar-refractivity contribution in [3.05, 3.63) is 23.4 Å². The summed E-state index contributed by atoms with van der Waals surface area (Å²) in [5.41, 5.74) is 1.60. The van der Waals surface area contributed by atoms with Crippen molar-refractivity contribution in [2.45, 2.75) is 6.92 Å². The Balaban J connectivity index is 2.20. The third-order valence-corrected chi connectivity index (χ3v) is 3.96. The van der Waals surface area contributed by atoms with Crippen LogP contribution in [0.4, 0.5) is 5.82 Å². The summed E-state index contributed by atoms with van der Waals surface area (Å²) >= 11 is 0. The van der Waals surface area contributed by atoms with E-state index in [-0.39, 0.29) is 0 Å². The molecule has 1 saturated heterocycles. The van der Waals surface area contributed by atoms with Gasteiger partial charge in [-0.2, -0.15) is 0 Å². The predicted molar refractivity (Wildman–Crippen MR) is 64.5 cm³/mol. The van der Waals surface area contributed by atoms with Crippen molar-refractivity contribution in [2.75, 3.05) is 29.5 Å². The molecule has 1 aromatic heterocycles. The third-order valence-electron chi connectivity index (χ3n) is 2.69. The Morgan fingerprint density at radius 1 is 1.44 bits per heavy atom. The SMILES string of the molecule is Cc1cc(C=O)cnc1N1CCS(=O)CC1. The highest BCUT2D eigenvalue weighted by Crippen LogP contribution is 2.18. The zero-order valence-electron chi connectivity index (χ0n) is 9.18. The molecule has 0 bridgehead atoms. The van der Waals surface area contributed by atoms with E-state index in [1.54, 1.807) is 6.20 Å². The van der Waals surface area contributed by atoms with Crippen molar-refractivity contribution in [1.82, 2.24) is 4.98 Å². The minimum atomic E-state index is -0.673. The van der Waals surface area contributed by atoms with Crippen molar-refractivity contribution in [3.63, 3.8) is 0 Å². The van der Waals surface area contributed by atoms with Gasteiger partial charge in [-0.15, -0.1) is 0 Å². The van der Waals surface area contributed by atoms with Crippen molar-refractivity contribution in [2.24, 2.45) is 0 Å². The zero-order valence-corrected chi connectivity index (χ0v) is 10.00. The van der Waals surface area contributed by atoms with Crippen LogP contribution in [0.25, 0.3) is 0 Å². The van der Waals surface area contributed by atoms with Crippen molar-refractivity contribution in [1.29, 1.82) is 0 Å². The molecule has 0 N–H and O–H groups in total. The summed E-state index contributed by atoms with van der Waals surface area (Å²) in [5.74, 6) is 2.31. The maximum absolute atomic E-state index is 11.2. The largest absolute Gasteiger partial charge is 0.355 e. The highest BCUT2D eigenvalue weighted by molar-refractivity contribution is 7.85. The van der Waals surface area contributed by atoms with Crippen LogP contribution in [-0.2, 0) is 10.8 Å². The van der Waals surface area contributed by atoms with Crippen molar-refractivity contribution >= 4 is 22.9 Å². The Morgan fingerprint density at radius 2 is 2.12 bits per heavy atom. The summed E-state index contributed by atoms with van der Waals surface area (Å²) in [5, 5.41) is 0. The molecule has 86 valence electrons. The molecule has 1 aromatic rings. The van der Waals surface area contributed by atoms with E-state index < -0.39 is 10.8 Å². The molecule has 2 heterocycles. The van der Waals surface area contributed by atoms with E-state index in [4.69, 9.17) is 0 Å². The van der Waals surface area contributed by atoms with Gasteiger partial charge in [0.15, 0.2) is 6.29 Å². The van der Waals surface area contributed by atoms with Gasteiger partial charge < -0.3 is 4.90 Å². The minimum Gasteiger partial charge on any atom is -0.355 e. The first-order chi connectivity index (χ1) is 7.70. The lowest BCUT2D eigenvalue weighted by atomic mass is 10.2. The first-order valence-corrected chi connectivity index (χ1v) is 6.71. The van der Waals surface area contributed by atoms with Crippen LogP contribution in [0.2, 0.25) is 0 Å². The van der Waals surface area contributed by atoms with Crippen LogP contribution in [0.5, 0.6) is 0 Å². The molecule has 0 radical (unpaired) electrons. The Labute approximate surface area is 97.1 Å². The summed E-state index contributed by atoms with van der Waals surface area (Å²) in [7, 11) is -0.673. The molecule has 0 aliphatic carbocycles. The highest BCUT2D eigenvalue weighted by atomic mass is 32.2. The number of anilines is 1. The number of carbonyl (C=O) groups is 1. The molecule has 1 fully saturated rings. The smallest absolute Gasteiger partial charge is 0.151 e. The molecule has 0 atom stereocenters. The Bertz CT molecular complexity index is 424. The lowest BCUT2D eigenvalue weighted by molar-refractivity contribution is 0.112. The molecule has 2 rings (SSSR count). The van der Waals surface area contributed by atoms with Crippen molar-refractivity contribution < 1.29 is 9.00 Å². The Hall–Kier alpha value is -1.23. The monoisotopic (exact) mass is 238 g/mol. The standard InChI is InChI=1S/C11H14N2O2S/c1-9-6-10(8-14)7-12-11(9)13-2-4-16(15)5-3-13/h6-8H,2-5H2,1H3. The molecule has 16 heavy (non-hydrogen) atoms. The Kier molecular flexibility index (Phi) is 3.33. The average Bonchev–Trinajstić information content (AvgIpc) is 2.30. The van der Waals surface area contributed by atoms with Gasteiger partial charge in [0.05, 0.1) is 0 Å². The average molecular weight is 238 g/mol. The molecule has 1 aliphatic rings. The van der Waals surface area contributed by atoms with E-state index in [2.05, 4.69) is 9.88 Å². The van der Waals surface area contributed by atoms with E-state index in [1.165, 1.54) is 0 Å². The minimum absolute atomic E-state index is 0.599. The van der Waals surface area contributed by atoms with E-state index in [0.717, 1.165) is 30.8 Å². The molecule has 0 unspecified atom stereocenters. The number of aldehydes is 1. The molecule has 0 spiro atoms. The van der Waals surface area contributed by atoms with Crippen LogP contribution in [0, 0.1) is 6.92 Å². The molecule has 1 aliphatic heterocycles. The lowest BCUT2D eigenvalue weighted by Gasteiger charge is -2.28. The summed E-state index contributed by atoms with van der Waals surface area (Å²) in [6.45, 7) is 3.50. The van der Waals surface area contributed by atoms with Gasteiger partial charge in [0.2, 0.25) is 0 Å². The fraction of sp³-hybridized carbons (Fsp3) is 0.455. The predicted octanol–water partition coefficient (Wildman–Crippen LogP) is 0.771. The third kappa shape index (κ3) is 2.29. The number of pyridine rings is 1. The second-order valence-corrected chi connectivity index (χ2v) is 5.56. The van der Waals surface area contributed by atoms with Gasteiger partial charge in [0, 0.05) is 47.2 Å². The highest BCUT2D eigenvalue weighted by Gasteiger charge is 2.17. The fourth-order valence-corrected chi connectivity index (χ4v) is 2.89. The van der Waals surface area contributed by atoms with Crippen LogP contribution < -0.4 is 4.90 Å². The summed E-state index contributed by atoms with van der Waals surface area (Å²) in [6, 6.07) is 1.83. The van der Waals surface area contributed by atoms with Crippen LogP contribution >= 0.6 is 0 Å². The topological polar surface area (TPSA) is 50.3 Å². The zero-order chi connectivity index (χ0) is 11.5. The normalized spacial score (nSPS) is 17.4. The van der Waals surface area contributed by atoms with E-state index in [9.17, 15) is 9.00 Å². The lowest BCUT2D eigenvalue weighted by Crippen LogP contribution is -2.38. The number of nitrogens with zero attached hydrogens (tertiary/aromatic N) is 2. The van der Waals surface area contributed by atoms with Crippen LogP contribution in [0.1, 0.15) is 15.9 Å². The van der Waals surface area contributed by atoms with Gasteiger partial charge in [-0.05, 0) is 18.6 Å². The van der Waals surface area contributed by atoms with E-state index in [0.29, 0.717) is 17.1 Å². The van der Waals surface area contributed by atoms with Gasteiger partial charge in [-0.1, -0.05) is 0 Å². The maximum atomic E-state index is 11.2. The van der Waals surface area contributed by atoms with Crippen molar-refractivity contribution in [3.8, 4) is 0 Å². The van der Waals surface area contributed by atoms with Gasteiger partial charge >= 0.3 is 0 Å². The quantitative estimate of drug-likeness (QED) is 0.714. The number of aryl methyl sites for hydroxylation is 1. The van der Waals surface area contributed by atoms with Crippen LogP contribution in [0.15, 0.2) is 12.3 Å². The maximum Gasteiger partial charge on any atom is 0.151 e. The summed E-state index contributed by atoms with van der Waals surface area (Å²) in [6.07, 6.45) is 2.38.